The van der Waals surface area contributed by atoms with E-state index in [4.69, 9.17) is 10.2 Å². The molecule has 0 aliphatic carbocycles. The monoisotopic (exact) mass is 309 g/mol. The van der Waals surface area contributed by atoms with Crippen molar-refractivity contribution in [2.75, 3.05) is 12.3 Å². The molecule has 0 spiro atoms. The van der Waals surface area contributed by atoms with Crippen LogP contribution in [0.1, 0.15) is 22.2 Å². The van der Waals surface area contributed by atoms with Crippen LogP contribution < -0.4 is 11.1 Å². The van der Waals surface area contributed by atoms with Gasteiger partial charge in [-0.25, -0.2) is 4.39 Å². The zero-order valence-corrected chi connectivity index (χ0v) is 11.2. The number of nitro benzene ring substituents is 1. The number of carbonyl (C=O) groups excluding carboxylic acids is 1. The molecule has 1 amide bonds. The number of anilines is 1. The van der Waals surface area contributed by atoms with Crippen molar-refractivity contribution in [2.45, 2.75) is 6.04 Å². The quantitative estimate of drug-likeness (QED) is 0.434. The summed E-state index contributed by atoms with van der Waals surface area (Å²) in [7, 11) is 0. The zero-order chi connectivity index (χ0) is 16.3. The van der Waals surface area contributed by atoms with E-state index in [1.165, 1.54) is 12.3 Å². The van der Waals surface area contributed by atoms with Gasteiger partial charge in [0.1, 0.15) is 23.3 Å². The van der Waals surface area contributed by atoms with Crippen molar-refractivity contribution in [1.29, 1.82) is 0 Å². The Morgan fingerprint density at radius 1 is 1.55 bits per heavy atom. The van der Waals surface area contributed by atoms with Gasteiger partial charge in [0.2, 0.25) is 0 Å². The Hall–Kier alpha value is -2.94. The average Bonchev–Trinajstić information content (AvgIpc) is 3.00. The number of benzene rings is 1. The minimum Gasteiger partial charge on any atom is -0.467 e. The smallest absolute Gasteiger partial charge is 0.295 e. The Morgan fingerprint density at radius 2 is 2.27 bits per heavy atom. The lowest BCUT2D eigenvalue weighted by molar-refractivity contribution is -0.384. The van der Waals surface area contributed by atoms with Crippen molar-refractivity contribution in [3.05, 3.63) is 57.8 Å². The van der Waals surface area contributed by atoms with Crippen LogP contribution in [0.25, 0.3) is 0 Å². The largest absolute Gasteiger partial charge is 0.467 e. The molecule has 0 saturated heterocycles. The topological polar surface area (TPSA) is 132 Å². The summed E-state index contributed by atoms with van der Waals surface area (Å²) in [5, 5.41) is 22.4. The number of hydrogen-bond acceptors (Lipinski definition) is 6. The number of halogens is 1. The van der Waals surface area contributed by atoms with Gasteiger partial charge in [-0.15, -0.1) is 0 Å². The Morgan fingerprint density at radius 3 is 2.82 bits per heavy atom. The summed E-state index contributed by atoms with van der Waals surface area (Å²) in [6.07, 6.45) is 1.35. The highest BCUT2D eigenvalue weighted by atomic mass is 19.1. The molecule has 4 N–H and O–H groups in total. The van der Waals surface area contributed by atoms with E-state index < -0.39 is 46.2 Å². The van der Waals surface area contributed by atoms with Gasteiger partial charge in [-0.1, -0.05) is 0 Å². The lowest BCUT2D eigenvalue weighted by Gasteiger charge is -2.14. The number of nitro groups is 1. The first-order chi connectivity index (χ1) is 10.4. The summed E-state index contributed by atoms with van der Waals surface area (Å²) >= 11 is 0. The number of nitrogens with two attached hydrogens (primary N) is 1. The molecule has 2 aromatic rings. The average molecular weight is 309 g/mol. The van der Waals surface area contributed by atoms with Crippen LogP contribution in [0.15, 0.2) is 34.9 Å². The highest BCUT2D eigenvalue weighted by molar-refractivity contribution is 6.01. The summed E-state index contributed by atoms with van der Waals surface area (Å²) in [4.78, 5) is 22.0. The summed E-state index contributed by atoms with van der Waals surface area (Å²) in [5.41, 5.74) is 3.98. The Labute approximate surface area is 123 Å². The molecule has 9 heteroatoms. The summed E-state index contributed by atoms with van der Waals surface area (Å²) < 4.78 is 18.5. The van der Waals surface area contributed by atoms with Crippen LogP contribution in [-0.4, -0.2) is 22.5 Å². The number of aliphatic hydroxyl groups excluding tert-OH is 1. The molecule has 1 aromatic carbocycles. The number of furan rings is 1. The van der Waals surface area contributed by atoms with Crippen molar-refractivity contribution < 1.29 is 23.6 Å². The highest BCUT2D eigenvalue weighted by Crippen LogP contribution is 2.27. The molecule has 0 saturated carbocycles. The van der Waals surface area contributed by atoms with E-state index in [9.17, 15) is 24.4 Å². The third-order valence-electron chi connectivity index (χ3n) is 2.94. The minimum atomic E-state index is -0.968. The van der Waals surface area contributed by atoms with Gasteiger partial charge in [-0.2, -0.15) is 0 Å². The van der Waals surface area contributed by atoms with Crippen LogP contribution in [0.4, 0.5) is 15.8 Å². The van der Waals surface area contributed by atoms with Gasteiger partial charge in [0.05, 0.1) is 29.4 Å². The predicted molar refractivity (Wildman–Crippen MR) is 73.5 cm³/mol. The van der Waals surface area contributed by atoms with Gasteiger partial charge in [-0.3, -0.25) is 14.9 Å². The molecule has 0 radical (unpaired) electrons. The van der Waals surface area contributed by atoms with Crippen LogP contribution in [0.5, 0.6) is 0 Å². The molecule has 8 nitrogen and oxygen atoms in total. The minimum absolute atomic E-state index is 0.278. The number of amides is 1. The SMILES string of the molecule is Nc1c(C(=O)NC(CO)c2ccco2)cc(F)cc1[N+](=O)[O-]. The summed E-state index contributed by atoms with van der Waals surface area (Å²) in [6.45, 7) is -0.476. The van der Waals surface area contributed by atoms with Crippen LogP contribution in [0.2, 0.25) is 0 Å². The normalized spacial score (nSPS) is 11.9. The Kier molecular flexibility index (Phi) is 4.37. The third kappa shape index (κ3) is 3.04. The third-order valence-corrected chi connectivity index (χ3v) is 2.94. The number of nitrogens with one attached hydrogen (secondary N) is 1. The van der Waals surface area contributed by atoms with Gasteiger partial charge in [0.15, 0.2) is 0 Å². The molecular weight excluding hydrogens is 297 g/mol. The number of hydrogen-bond donors (Lipinski definition) is 3. The molecule has 116 valence electrons. The van der Waals surface area contributed by atoms with E-state index in [1.54, 1.807) is 6.07 Å². The van der Waals surface area contributed by atoms with Crippen LogP contribution >= 0.6 is 0 Å². The second-order valence-corrected chi connectivity index (χ2v) is 4.37. The maximum atomic E-state index is 13.4. The predicted octanol–water partition coefficient (Wildman–Crippen LogP) is 1.37. The maximum absolute atomic E-state index is 13.4. The molecule has 1 heterocycles. The summed E-state index contributed by atoms with van der Waals surface area (Å²) in [5.74, 6) is -1.56. The molecule has 1 unspecified atom stereocenters. The van der Waals surface area contributed by atoms with Gasteiger partial charge >= 0.3 is 0 Å². The van der Waals surface area contributed by atoms with Crippen molar-refractivity contribution in [1.82, 2.24) is 5.32 Å². The van der Waals surface area contributed by atoms with E-state index in [0.29, 0.717) is 6.07 Å². The second kappa shape index (κ2) is 6.22. The van der Waals surface area contributed by atoms with Crippen molar-refractivity contribution in [2.24, 2.45) is 0 Å². The van der Waals surface area contributed by atoms with Gasteiger partial charge < -0.3 is 20.6 Å². The Bertz CT molecular complexity index is 702. The summed E-state index contributed by atoms with van der Waals surface area (Å²) in [6, 6.07) is 3.62. The fraction of sp³-hybridized carbons (Fsp3) is 0.154. The molecule has 22 heavy (non-hydrogen) atoms. The molecule has 1 aromatic heterocycles. The number of rotatable bonds is 5. The second-order valence-electron chi connectivity index (χ2n) is 4.37. The van der Waals surface area contributed by atoms with Crippen molar-refractivity contribution >= 4 is 17.3 Å². The van der Waals surface area contributed by atoms with Crippen LogP contribution in [0, 0.1) is 15.9 Å². The van der Waals surface area contributed by atoms with Gasteiger partial charge in [0, 0.05) is 0 Å². The van der Waals surface area contributed by atoms with E-state index in [2.05, 4.69) is 5.32 Å². The maximum Gasteiger partial charge on any atom is 0.295 e. The molecule has 0 aliphatic heterocycles. The molecule has 0 fully saturated rings. The molecular formula is C13H12FN3O5. The van der Waals surface area contributed by atoms with E-state index in [1.807, 2.05) is 0 Å². The zero-order valence-electron chi connectivity index (χ0n) is 11.2. The van der Waals surface area contributed by atoms with E-state index >= 15 is 0 Å². The number of aliphatic hydroxyl groups is 1. The molecule has 0 aliphatic rings. The molecule has 2 rings (SSSR count). The highest BCUT2D eigenvalue weighted by Gasteiger charge is 2.24. The fourth-order valence-electron chi connectivity index (χ4n) is 1.87. The van der Waals surface area contributed by atoms with E-state index in [0.717, 1.165) is 6.07 Å². The number of nitrogens with zero attached hydrogens (tertiary/aromatic N) is 1. The van der Waals surface area contributed by atoms with Crippen molar-refractivity contribution in [3.63, 3.8) is 0 Å². The first-order valence-corrected chi connectivity index (χ1v) is 6.12. The lowest BCUT2D eigenvalue weighted by Crippen LogP contribution is -2.31. The fourth-order valence-corrected chi connectivity index (χ4v) is 1.87. The molecule has 1 atom stereocenters. The first-order valence-electron chi connectivity index (χ1n) is 6.12. The van der Waals surface area contributed by atoms with Crippen molar-refractivity contribution in [3.8, 4) is 0 Å². The lowest BCUT2D eigenvalue weighted by atomic mass is 10.1. The van der Waals surface area contributed by atoms with Gasteiger partial charge in [-0.05, 0) is 18.2 Å². The number of nitrogen functional groups attached to an aromatic ring is 1. The first kappa shape index (κ1) is 15.4. The van der Waals surface area contributed by atoms with E-state index in [-0.39, 0.29) is 5.76 Å². The molecule has 0 bridgehead atoms. The van der Waals surface area contributed by atoms with Crippen LogP contribution in [0.3, 0.4) is 0 Å². The number of carbonyl (C=O) groups is 1. The standard InChI is InChI=1S/C13H12FN3O5/c14-7-4-8(12(15)10(5-7)17(20)21)13(19)16-9(6-18)11-2-1-3-22-11/h1-5,9,18H,6,15H2,(H,16,19). The van der Waals surface area contributed by atoms with Crippen LogP contribution in [-0.2, 0) is 0 Å². The van der Waals surface area contributed by atoms with Gasteiger partial charge in [0.25, 0.3) is 11.6 Å². The Balaban J connectivity index is 2.31.